The number of aliphatic hydroxyl groups excluding tert-OH is 1. The quantitative estimate of drug-likeness (QED) is 0.283. The summed E-state index contributed by atoms with van der Waals surface area (Å²) in [6.07, 6.45) is 0.715. The summed E-state index contributed by atoms with van der Waals surface area (Å²) in [5.41, 5.74) is 4.56. The first-order chi connectivity index (χ1) is 17.8. The number of nitrogens with zero attached hydrogens (tertiary/aromatic N) is 1. The van der Waals surface area contributed by atoms with E-state index in [1.807, 2.05) is 45.0 Å². The van der Waals surface area contributed by atoms with Gasteiger partial charge in [0.1, 0.15) is 11.5 Å². The molecule has 3 aromatic carbocycles. The predicted molar refractivity (Wildman–Crippen MR) is 141 cm³/mol. The van der Waals surface area contributed by atoms with E-state index in [9.17, 15) is 14.7 Å². The fourth-order valence-corrected chi connectivity index (χ4v) is 5.13. The average molecular weight is 500 g/mol. The number of hydrogen-bond acceptors (Lipinski definition) is 6. The molecule has 1 unspecified atom stereocenters. The Morgan fingerprint density at radius 2 is 1.78 bits per heavy atom. The molecule has 1 amide bonds. The molecular weight excluding hydrogens is 470 g/mol. The number of Topliss-reactive ketones (excluding diaryl/α,β-unsaturated/α-hetero) is 1. The largest absolute Gasteiger partial charge is 0.507 e. The number of benzene rings is 3. The molecule has 3 aromatic rings. The molecule has 0 saturated carbocycles. The van der Waals surface area contributed by atoms with Crippen molar-refractivity contribution in [2.45, 2.75) is 33.2 Å². The molecule has 1 N–H and O–H groups in total. The highest BCUT2D eigenvalue weighted by molar-refractivity contribution is 6.51. The van der Waals surface area contributed by atoms with Gasteiger partial charge in [-0.05, 0) is 85.5 Å². The molecule has 7 heteroatoms. The summed E-state index contributed by atoms with van der Waals surface area (Å²) >= 11 is 0. The van der Waals surface area contributed by atoms with E-state index in [1.165, 1.54) is 4.90 Å². The second kappa shape index (κ2) is 9.65. The number of aryl methyl sites for hydroxylation is 2. The molecule has 0 aliphatic carbocycles. The summed E-state index contributed by atoms with van der Waals surface area (Å²) in [7, 11) is 1.55. The van der Waals surface area contributed by atoms with Gasteiger partial charge < -0.3 is 19.3 Å². The monoisotopic (exact) mass is 499 g/mol. The van der Waals surface area contributed by atoms with E-state index < -0.39 is 17.7 Å². The van der Waals surface area contributed by atoms with Crippen LogP contribution in [0.1, 0.15) is 40.8 Å². The molecule has 0 aromatic heterocycles. The second-order valence-corrected chi connectivity index (χ2v) is 9.28. The summed E-state index contributed by atoms with van der Waals surface area (Å²) in [6.45, 7) is 6.73. The Morgan fingerprint density at radius 3 is 2.49 bits per heavy atom. The van der Waals surface area contributed by atoms with Crippen LogP contribution in [-0.2, 0) is 16.0 Å². The first-order valence-corrected chi connectivity index (χ1v) is 12.3. The van der Waals surface area contributed by atoms with Crippen molar-refractivity contribution < 1.29 is 28.9 Å². The zero-order valence-electron chi connectivity index (χ0n) is 21.3. The summed E-state index contributed by atoms with van der Waals surface area (Å²) < 4.78 is 16.8. The van der Waals surface area contributed by atoms with E-state index in [4.69, 9.17) is 14.2 Å². The smallest absolute Gasteiger partial charge is 0.300 e. The Bertz CT molecular complexity index is 1420. The Labute approximate surface area is 215 Å². The molecule has 1 fully saturated rings. The number of anilines is 1. The zero-order chi connectivity index (χ0) is 26.3. The highest BCUT2D eigenvalue weighted by Crippen LogP contribution is 2.45. The highest BCUT2D eigenvalue weighted by Gasteiger charge is 2.47. The number of ether oxygens (including phenoxy) is 3. The third-order valence-electron chi connectivity index (χ3n) is 6.70. The van der Waals surface area contributed by atoms with Crippen LogP contribution in [0.25, 0.3) is 5.76 Å². The molecule has 1 saturated heterocycles. The minimum absolute atomic E-state index is 0.0237. The summed E-state index contributed by atoms with van der Waals surface area (Å²) in [4.78, 5) is 28.5. The first-order valence-electron chi connectivity index (χ1n) is 12.3. The van der Waals surface area contributed by atoms with Gasteiger partial charge >= 0.3 is 0 Å². The fraction of sp³-hybridized carbons (Fsp3) is 0.267. The number of hydrogen-bond donors (Lipinski definition) is 1. The van der Waals surface area contributed by atoms with Gasteiger partial charge in [0.15, 0.2) is 11.5 Å². The van der Waals surface area contributed by atoms with Crippen molar-refractivity contribution in [1.82, 2.24) is 0 Å². The number of carbonyl (C=O) groups is 2. The van der Waals surface area contributed by atoms with Gasteiger partial charge in [-0.3, -0.25) is 14.5 Å². The Hall–Kier alpha value is -4.26. The van der Waals surface area contributed by atoms with Gasteiger partial charge in [-0.15, -0.1) is 0 Å². The molecule has 2 heterocycles. The van der Waals surface area contributed by atoms with Gasteiger partial charge in [0.05, 0.1) is 31.9 Å². The standard InChI is InChI=1S/C30H29NO6/c1-5-36-25-16-20(6-9-24(25)35-4)27-26(28(32)21-7-8-23-19(15-21)10-11-37-23)29(33)30(34)31(27)22-13-17(2)12-18(3)14-22/h6-9,12-16,27,32H,5,10-11H2,1-4H3/b28-26+. The van der Waals surface area contributed by atoms with E-state index in [-0.39, 0.29) is 11.3 Å². The minimum atomic E-state index is -0.865. The Kier molecular flexibility index (Phi) is 6.38. The van der Waals surface area contributed by atoms with E-state index in [1.54, 1.807) is 37.4 Å². The van der Waals surface area contributed by atoms with Crippen LogP contribution >= 0.6 is 0 Å². The number of ketones is 1. The number of methoxy groups -OCH3 is 1. The van der Waals surface area contributed by atoms with Crippen molar-refractivity contribution >= 4 is 23.1 Å². The molecule has 190 valence electrons. The number of amides is 1. The topological polar surface area (TPSA) is 85.3 Å². The van der Waals surface area contributed by atoms with Crippen LogP contribution < -0.4 is 19.1 Å². The van der Waals surface area contributed by atoms with Crippen molar-refractivity contribution in [3.63, 3.8) is 0 Å². The van der Waals surface area contributed by atoms with E-state index >= 15 is 0 Å². The van der Waals surface area contributed by atoms with Crippen LogP contribution in [0, 0.1) is 13.8 Å². The van der Waals surface area contributed by atoms with Crippen LogP contribution in [0.4, 0.5) is 5.69 Å². The molecule has 0 radical (unpaired) electrons. The molecule has 37 heavy (non-hydrogen) atoms. The summed E-state index contributed by atoms with van der Waals surface area (Å²) in [5.74, 6) is 0.122. The van der Waals surface area contributed by atoms with Crippen molar-refractivity contribution in [2.75, 3.05) is 25.2 Å². The van der Waals surface area contributed by atoms with Gasteiger partial charge in [-0.25, -0.2) is 0 Å². The van der Waals surface area contributed by atoms with Crippen LogP contribution in [0.3, 0.4) is 0 Å². The maximum atomic E-state index is 13.5. The maximum Gasteiger partial charge on any atom is 0.300 e. The van der Waals surface area contributed by atoms with Gasteiger partial charge in [0, 0.05) is 17.7 Å². The van der Waals surface area contributed by atoms with Gasteiger partial charge in [-0.2, -0.15) is 0 Å². The number of carbonyl (C=O) groups excluding carboxylic acids is 2. The Balaban J connectivity index is 1.73. The van der Waals surface area contributed by atoms with Crippen molar-refractivity contribution in [3.8, 4) is 17.2 Å². The highest BCUT2D eigenvalue weighted by atomic mass is 16.5. The van der Waals surface area contributed by atoms with Gasteiger partial charge in [0.2, 0.25) is 0 Å². The third-order valence-corrected chi connectivity index (χ3v) is 6.70. The lowest BCUT2D eigenvalue weighted by Gasteiger charge is -2.27. The van der Waals surface area contributed by atoms with E-state index in [0.717, 1.165) is 22.4 Å². The summed E-state index contributed by atoms with van der Waals surface area (Å²) in [6, 6.07) is 15.5. The molecule has 2 aliphatic heterocycles. The Morgan fingerprint density at radius 1 is 1.03 bits per heavy atom. The molecule has 5 rings (SSSR count). The van der Waals surface area contributed by atoms with E-state index in [2.05, 4.69) is 0 Å². The van der Waals surface area contributed by atoms with Crippen LogP contribution in [0.5, 0.6) is 17.2 Å². The lowest BCUT2D eigenvalue weighted by molar-refractivity contribution is -0.132. The lowest BCUT2D eigenvalue weighted by atomic mass is 9.94. The second-order valence-electron chi connectivity index (χ2n) is 9.28. The molecule has 2 aliphatic rings. The fourth-order valence-electron chi connectivity index (χ4n) is 5.13. The van der Waals surface area contributed by atoms with Crippen molar-refractivity contribution in [2.24, 2.45) is 0 Å². The number of rotatable bonds is 6. The SMILES string of the molecule is CCOc1cc(C2/C(=C(\O)c3ccc4c(c3)CCO4)C(=O)C(=O)N2c2cc(C)cc(C)c2)ccc1OC. The lowest BCUT2D eigenvalue weighted by Crippen LogP contribution is -2.29. The van der Waals surface area contributed by atoms with Crippen molar-refractivity contribution in [3.05, 3.63) is 88.0 Å². The van der Waals surface area contributed by atoms with E-state index in [0.29, 0.717) is 47.9 Å². The maximum absolute atomic E-state index is 13.5. The average Bonchev–Trinajstić information content (AvgIpc) is 3.45. The molecule has 7 nitrogen and oxygen atoms in total. The minimum Gasteiger partial charge on any atom is -0.507 e. The van der Waals surface area contributed by atoms with Crippen LogP contribution in [0.15, 0.2) is 60.2 Å². The molecule has 0 bridgehead atoms. The zero-order valence-corrected chi connectivity index (χ0v) is 21.3. The molecule has 0 spiro atoms. The van der Waals surface area contributed by atoms with Crippen LogP contribution in [0.2, 0.25) is 0 Å². The van der Waals surface area contributed by atoms with Gasteiger partial charge in [-0.1, -0.05) is 12.1 Å². The van der Waals surface area contributed by atoms with Crippen LogP contribution in [-0.4, -0.2) is 37.1 Å². The number of aliphatic hydroxyl groups is 1. The molecular formula is C30H29NO6. The first kappa shape index (κ1) is 24.4. The number of fused-ring (bicyclic) bond motifs is 1. The normalized spacial score (nSPS) is 18.1. The third kappa shape index (κ3) is 4.31. The van der Waals surface area contributed by atoms with Gasteiger partial charge in [0.25, 0.3) is 11.7 Å². The molecule has 1 atom stereocenters. The summed E-state index contributed by atoms with van der Waals surface area (Å²) in [5, 5.41) is 11.5. The predicted octanol–water partition coefficient (Wildman–Crippen LogP) is 5.27. The van der Waals surface area contributed by atoms with Crippen molar-refractivity contribution in [1.29, 1.82) is 0 Å².